The van der Waals surface area contributed by atoms with Crippen LogP contribution in [-0.2, 0) is 0 Å². The summed E-state index contributed by atoms with van der Waals surface area (Å²) in [5, 5.41) is 18.7. The number of fused-ring (bicyclic) bond motifs is 1. The zero-order valence-electron chi connectivity index (χ0n) is 17.6. The Labute approximate surface area is 187 Å². The van der Waals surface area contributed by atoms with Gasteiger partial charge in [0.2, 0.25) is 0 Å². The van der Waals surface area contributed by atoms with Crippen molar-refractivity contribution in [2.75, 3.05) is 19.5 Å². The molecule has 1 aromatic heterocycles. The lowest BCUT2D eigenvalue weighted by Crippen LogP contribution is -2.27. The lowest BCUT2D eigenvalue weighted by Gasteiger charge is -2.14. The van der Waals surface area contributed by atoms with Crippen LogP contribution in [0.2, 0.25) is 0 Å². The second kappa shape index (κ2) is 8.79. The number of methoxy groups -OCH3 is 2. The van der Waals surface area contributed by atoms with Crippen molar-refractivity contribution in [2.45, 2.75) is 0 Å². The van der Waals surface area contributed by atoms with Crippen LogP contribution in [0.4, 0.5) is 11.4 Å². The third-order valence-electron chi connectivity index (χ3n) is 4.98. The van der Waals surface area contributed by atoms with E-state index in [2.05, 4.69) is 10.4 Å². The highest BCUT2D eigenvalue weighted by Crippen LogP contribution is 2.30. The highest BCUT2D eigenvalue weighted by molar-refractivity contribution is 6.11. The molecule has 0 spiro atoms. The van der Waals surface area contributed by atoms with Gasteiger partial charge < -0.3 is 14.8 Å². The van der Waals surface area contributed by atoms with Crippen LogP contribution < -0.4 is 20.3 Å². The van der Waals surface area contributed by atoms with Crippen molar-refractivity contribution in [1.82, 2.24) is 9.78 Å². The number of benzene rings is 3. The number of carbonyl (C=O) groups excluding carboxylic acids is 1. The number of nitro groups is 1. The fourth-order valence-electron chi connectivity index (χ4n) is 3.41. The second-order valence-electron chi connectivity index (χ2n) is 6.88. The number of aromatic nitrogens is 2. The van der Waals surface area contributed by atoms with Gasteiger partial charge in [0, 0.05) is 17.5 Å². The SMILES string of the molecule is COc1ccc([N+](=O)[O-])cc1NC(=O)c1nn(-c2ccccc2OC)c(=O)c2ccccc12. The zero-order chi connectivity index (χ0) is 23.5. The first-order chi connectivity index (χ1) is 15.9. The van der Waals surface area contributed by atoms with Gasteiger partial charge in [-0.25, -0.2) is 0 Å². The summed E-state index contributed by atoms with van der Waals surface area (Å²) in [5.74, 6) is -0.0426. The van der Waals surface area contributed by atoms with Crippen molar-refractivity contribution < 1.29 is 19.2 Å². The smallest absolute Gasteiger partial charge is 0.279 e. The summed E-state index contributed by atoms with van der Waals surface area (Å²) >= 11 is 0. The fourth-order valence-corrected chi connectivity index (χ4v) is 3.41. The number of hydrogen-bond acceptors (Lipinski definition) is 7. The Hall–Kier alpha value is -4.73. The predicted octanol–water partition coefficient (Wildman–Crippen LogP) is 3.56. The average molecular weight is 446 g/mol. The van der Waals surface area contributed by atoms with E-state index in [1.807, 2.05) is 0 Å². The Balaban J connectivity index is 1.89. The molecular formula is C23H18N4O6. The number of para-hydroxylation sites is 2. The number of amides is 1. The first-order valence-electron chi connectivity index (χ1n) is 9.74. The lowest BCUT2D eigenvalue weighted by atomic mass is 10.1. The molecule has 0 aliphatic heterocycles. The van der Waals surface area contributed by atoms with E-state index in [9.17, 15) is 19.7 Å². The molecule has 3 aromatic carbocycles. The number of hydrogen-bond donors (Lipinski definition) is 1. The molecule has 166 valence electrons. The number of rotatable bonds is 6. The minimum absolute atomic E-state index is 0.0512. The van der Waals surface area contributed by atoms with Crippen molar-refractivity contribution in [1.29, 1.82) is 0 Å². The van der Waals surface area contributed by atoms with Crippen LogP contribution in [0.5, 0.6) is 11.5 Å². The minimum atomic E-state index is -0.673. The van der Waals surface area contributed by atoms with E-state index in [-0.39, 0.29) is 28.2 Å². The first kappa shape index (κ1) is 21.5. The molecule has 0 aliphatic carbocycles. The Morgan fingerprint density at radius 2 is 1.64 bits per heavy atom. The molecule has 1 amide bonds. The van der Waals surface area contributed by atoms with Crippen LogP contribution in [-0.4, -0.2) is 34.8 Å². The predicted molar refractivity (Wildman–Crippen MR) is 121 cm³/mol. The van der Waals surface area contributed by atoms with Crippen LogP contribution in [0, 0.1) is 10.1 Å². The molecule has 4 aromatic rings. The van der Waals surface area contributed by atoms with Gasteiger partial charge in [-0.05, 0) is 24.3 Å². The molecule has 0 saturated carbocycles. The summed E-state index contributed by atoms with van der Waals surface area (Å²) in [6.07, 6.45) is 0. The number of nitro benzene ring substituents is 1. The summed E-state index contributed by atoms with van der Waals surface area (Å²) < 4.78 is 11.7. The molecule has 0 aliphatic rings. The van der Waals surface area contributed by atoms with E-state index in [0.29, 0.717) is 16.8 Å². The molecule has 0 atom stereocenters. The summed E-state index contributed by atoms with van der Waals surface area (Å²) in [7, 11) is 2.85. The Morgan fingerprint density at radius 1 is 0.970 bits per heavy atom. The van der Waals surface area contributed by atoms with E-state index >= 15 is 0 Å². The molecule has 0 unspecified atom stereocenters. The van der Waals surface area contributed by atoms with Gasteiger partial charge in [-0.1, -0.05) is 30.3 Å². The van der Waals surface area contributed by atoms with E-state index in [1.54, 1.807) is 48.5 Å². The Bertz CT molecular complexity index is 1450. The molecule has 10 nitrogen and oxygen atoms in total. The number of carbonyl (C=O) groups is 1. The van der Waals surface area contributed by atoms with Crippen LogP contribution in [0.1, 0.15) is 10.5 Å². The topological polar surface area (TPSA) is 126 Å². The first-order valence-corrected chi connectivity index (χ1v) is 9.74. The standard InChI is InChI=1S/C23H18N4O6/c1-32-19-12-11-14(27(30)31)13-17(19)24-22(28)21-15-7-3-4-8-16(15)23(29)26(25-21)18-9-5-6-10-20(18)33-2/h3-13H,1-2H3,(H,24,28). The van der Waals surface area contributed by atoms with Gasteiger partial charge in [0.05, 0.1) is 30.2 Å². The van der Waals surface area contributed by atoms with Gasteiger partial charge in [0.25, 0.3) is 17.2 Å². The van der Waals surface area contributed by atoms with E-state index in [0.717, 1.165) is 4.68 Å². The molecule has 33 heavy (non-hydrogen) atoms. The van der Waals surface area contributed by atoms with Gasteiger partial charge in [-0.2, -0.15) is 9.78 Å². The Morgan fingerprint density at radius 3 is 2.33 bits per heavy atom. The highest BCUT2D eigenvalue weighted by atomic mass is 16.6. The van der Waals surface area contributed by atoms with E-state index < -0.39 is 16.4 Å². The summed E-state index contributed by atoms with van der Waals surface area (Å²) in [5.41, 5.74) is -0.248. The normalized spacial score (nSPS) is 10.6. The molecule has 10 heteroatoms. The van der Waals surface area contributed by atoms with Gasteiger partial charge in [0.15, 0.2) is 5.69 Å². The monoisotopic (exact) mass is 446 g/mol. The van der Waals surface area contributed by atoms with Crippen LogP contribution in [0.15, 0.2) is 71.5 Å². The maximum absolute atomic E-state index is 13.3. The van der Waals surface area contributed by atoms with Crippen molar-refractivity contribution >= 4 is 28.1 Å². The molecule has 0 bridgehead atoms. The highest BCUT2D eigenvalue weighted by Gasteiger charge is 2.21. The van der Waals surface area contributed by atoms with Crippen molar-refractivity contribution in [3.8, 4) is 17.2 Å². The molecule has 1 N–H and O–H groups in total. The summed E-state index contributed by atoms with van der Waals surface area (Å²) in [6.45, 7) is 0. The lowest BCUT2D eigenvalue weighted by molar-refractivity contribution is -0.384. The molecular weight excluding hydrogens is 428 g/mol. The van der Waals surface area contributed by atoms with Crippen LogP contribution >= 0.6 is 0 Å². The van der Waals surface area contributed by atoms with Gasteiger partial charge >= 0.3 is 0 Å². The molecule has 0 saturated heterocycles. The van der Waals surface area contributed by atoms with Gasteiger partial charge in [-0.15, -0.1) is 0 Å². The van der Waals surface area contributed by atoms with Crippen molar-refractivity contribution in [2.24, 2.45) is 0 Å². The summed E-state index contributed by atoms with van der Waals surface area (Å²) in [4.78, 5) is 37.0. The number of ether oxygens (including phenoxy) is 2. The van der Waals surface area contributed by atoms with Crippen molar-refractivity contribution in [3.63, 3.8) is 0 Å². The number of non-ortho nitro benzene ring substituents is 1. The Kier molecular flexibility index (Phi) is 5.73. The zero-order valence-corrected chi connectivity index (χ0v) is 17.6. The maximum atomic E-state index is 13.3. The molecule has 4 rings (SSSR count). The van der Waals surface area contributed by atoms with Crippen LogP contribution in [0.25, 0.3) is 16.5 Å². The number of nitrogens with one attached hydrogen (secondary N) is 1. The second-order valence-corrected chi connectivity index (χ2v) is 6.88. The number of nitrogens with zero attached hydrogens (tertiary/aromatic N) is 3. The number of anilines is 1. The summed E-state index contributed by atoms with van der Waals surface area (Å²) in [6, 6.07) is 17.2. The molecule has 0 fully saturated rings. The maximum Gasteiger partial charge on any atom is 0.279 e. The van der Waals surface area contributed by atoms with E-state index in [4.69, 9.17) is 9.47 Å². The third kappa shape index (κ3) is 3.97. The van der Waals surface area contributed by atoms with Crippen molar-refractivity contribution in [3.05, 3.63) is 92.9 Å². The third-order valence-corrected chi connectivity index (χ3v) is 4.98. The average Bonchev–Trinajstić information content (AvgIpc) is 2.84. The van der Waals surface area contributed by atoms with E-state index in [1.165, 1.54) is 32.4 Å². The minimum Gasteiger partial charge on any atom is -0.495 e. The quantitative estimate of drug-likeness (QED) is 0.354. The van der Waals surface area contributed by atoms with Crippen LogP contribution in [0.3, 0.4) is 0 Å². The van der Waals surface area contributed by atoms with Gasteiger partial charge in [-0.3, -0.25) is 19.7 Å². The molecule has 0 radical (unpaired) electrons. The van der Waals surface area contributed by atoms with Gasteiger partial charge in [0.1, 0.15) is 17.2 Å². The largest absolute Gasteiger partial charge is 0.495 e. The molecule has 1 heterocycles. The fraction of sp³-hybridized carbons (Fsp3) is 0.0870.